The topological polar surface area (TPSA) is 41.1 Å². The van der Waals surface area contributed by atoms with Crippen LogP contribution in [0.4, 0.5) is 0 Å². The van der Waals surface area contributed by atoms with Crippen LogP contribution < -0.4 is 10.6 Å². The molecular weight excluding hydrogens is 188 g/mol. The first-order valence-corrected chi connectivity index (χ1v) is 6.24. The highest BCUT2D eigenvalue weighted by Crippen LogP contribution is 2.23. The lowest BCUT2D eigenvalue weighted by Crippen LogP contribution is -2.44. The number of hydrogen-bond acceptors (Lipinski definition) is 2. The average molecular weight is 212 g/mol. The van der Waals surface area contributed by atoms with Crippen LogP contribution in [0.25, 0.3) is 0 Å². The second kappa shape index (κ2) is 6.83. The first-order valence-electron chi connectivity index (χ1n) is 6.24. The maximum atomic E-state index is 11.6. The molecule has 1 aliphatic carbocycles. The highest BCUT2D eigenvalue weighted by Gasteiger charge is 2.22. The molecule has 0 radical (unpaired) electrons. The summed E-state index contributed by atoms with van der Waals surface area (Å²) in [5.74, 6) is 0.802. The van der Waals surface area contributed by atoms with Crippen molar-refractivity contribution in [3.05, 3.63) is 0 Å². The molecule has 88 valence electrons. The highest BCUT2D eigenvalue weighted by molar-refractivity contribution is 5.78. The minimum atomic E-state index is 0.155. The Balaban J connectivity index is 2.18. The van der Waals surface area contributed by atoms with Gasteiger partial charge in [-0.15, -0.1) is 0 Å². The van der Waals surface area contributed by atoms with E-state index in [1.165, 1.54) is 19.3 Å². The highest BCUT2D eigenvalue weighted by atomic mass is 16.1. The summed E-state index contributed by atoms with van der Waals surface area (Å²) in [6.07, 6.45) is 6.07. The molecule has 2 atom stereocenters. The van der Waals surface area contributed by atoms with Gasteiger partial charge in [-0.3, -0.25) is 4.79 Å². The molecule has 0 saturated heterocycles. The van der Waals surface area contributed by atoms with Crippen LogP contribution in [0, 0.1) is 5.92 Å². The zero-order chi connectivity index (χ0) is 11.1. The van der Waals surface area contributed by atoms with Gasteiger partial charge in [0.25, 0.3) is 0 Å². The van der Waals surface area contributed by atoms with Crippen LogP contribution in [-0.2, 0) is 4.79 Å². The average Bonchev–Trinajstić information content (AvgIpc) is 2.22. The fraction of sp³-hybridized carbons (Fsp3) is 0.917. The summed E-state index contributed by atoms with van der Waals surface area (Å²) in [6, 6.07) is 0.412. The van der Waals surface area contributed by atoms with Gasteiger partial charge in [0.2, 0.25) is 5.91 Å². The Kier molecular flexibility index (Phi) is 5.69. The third-order valence-corrected chi connectivity index (χ3v) is 3.17. The lowest BCUT2D eigenvalue weighted by Gasteiger charge is -2.29. The van der Waals surface area contributed by atoms with Gasteiger partial charge < -0.3 is 10.6 Å². The van der Waals surface area contributed by atoms with E-state index < -0.39 is 0 Å². The first kappa shape index (κ1) is 12.5. The summed E-state index contributed by atoms with van der Waals surface area (Å²) >= 11 is 0. The molecular formula is C12H24N2O. The molecule has 2 unspecified atom stereocenters. The van der Waals surface area contributed by atoms with Gasteiger partial charge in [-0.1, -0.05) is 26.7 Å². The third kappa shape index (κ3) is 4.65. The van der Waals surface area contributed by atoms with Crippen LogP contribution >= 0.6 is 0 Å². The predicted octanol–water partition coefficient (Wildman–Crippen LogP) is 1.68. The maximum Gasteiger partial charge on any atom is 0.234 e. The van der Waals surface area contributed by atoms with E-state index in [2.05, 4.69) is 24.5 Å². The van der Waals surface area contributed by atoms with Gasteiger partial charge >= 0.3 is 0 Å². The lowest BCUT2D eigenvalue weighted by atomic mass is 9.86. The molecule has 1 aliphatic rings. The van der Waals surface area contributed by atoms with E-state index in [-0.39, 0.29) is 5.91 Å². The number of amides is 1. The van der Waals surface area contributed by atoms with E-state index in [1.54, 1.807) is 0 Å². The van der Waals surface area contributed by atoms with Crippen molar-refractivity contribution in [2.45, 2.75) is 52.0 Å². The van der Waals surface area contributed by atoms with E-state index in [1.807, 2.05) is 0 Å². The number of carbonyl (C=O) groups is 1. The third-order valence-electron chi connectivity index (χ3n) is 3.17. The van der Waals surface area contributed by atoms with E-state index in [4.69, 9.17) is 0 Å². The summed E-state index contributed by atoms with van der Waals surface area (Å²) in [5, 5.41) is 6.25. The molecule has 3 nitrogen and oxygen atoms in total. The van der Waals surface area contributed by atoms with Gasteiger partial charge in [0.15, 0.2) is 0 Å². The van der Waals surface area contributed by atoms with E-state index in [0.29, 0.717) is 18.5 Å². The molecule has 0 aromatic carbocycles. The Morgan fingerprint density at radius 1 is 1.33 bits per heavy atom. The van der Waals surface area contributed by atoms with Crippen molar-refractivity contribution in [1.82, 2.24) is 10.6 Å². The molecule has 0 aromatic heterocycles. The number of nitrogens with one attached hydrogen (secondary N) is 2. The SMILES string of the molecule is CCCNCC(=O)NC1CCCCC1C. The van der Waals surface area contributed by atoms with Crippen molar-refractivity contribution >= 4 is 5.91 Å². The van der Waals surface area contributed by atoms with Gasteiger partial charge in [-0.05, 0) is 31.7 Å². The standard InChI is InChI=1S/C12H24N2O/c1-3-8-13-9-12(15)14-11-7-5-4-6-10(11)2/h10-11,13H,3-9H2,1-2H3,(H,14,15). The summed E-state index contributed by atoms with van der Waals surface area (Å²) < 4.78 is 0. The van der Waals surface area contributed by atoms with Gasteiger partial charge in [0, 0.05) is 6.04 Å². The van der Waals surface area contributed by atoms with Crippen LogP contribution in [0.15, 0.2) is 0 Å². The Hall–Kier alpha value is -0.570. The monoisotopic (exact) mass is 212 g/mol. The molecule has 1 amide bonds. The molecule has 2 N–H and O–H groups in total. The van der Waals surface area contributed by atoms with Gasteiger partial charge in [0.1, 0.15) is 0 Å². The summed E-state index contributed by atoms with van der Waals surface area (Å²) in [4.78, 5) is 11.6. The molecule has 0 aliphatic heterocycles. The molecule has 0 aromatic rings. The van der Waals surface area contributed by atoms with E-state index >= 15 is 0 Å². The van der Waals surface area contributed by atoms with Crippen molar-refractivity contribution in [2.75, 3.05) is 13.1 Å². The summed E-state index contributed by atoms with van der Waals surface area (Å²) in [7, 11) is 0. The molecule has 3 heteroatoms. The van der Waals surface area contributed by atoms with Crippen molar-refractivity contribution in [1.29, 1.82) is 0 Å². The second-order valence-corrected chi connectivity index (χ2v) is 4.61. The van der Waals surface area contributed by atoms with E-state index in [9.17, 15) is 4.79 Å². The van der Waals surface area contributed by atoms with Gasteiger partial charge in [-0.2, -0.15) is 0 Å². The molecule has 1 saturated carbocycles. The zero-order valence-electron chi connectivity index (χ0n) is 10.0. The quantitative estimate of drug-likeness (QED) is 0.681. The number of rotatable bonds is 5. The van der Waals surface area contributed by atoms with Crippen LogP contribution in [-0.4, -0.2) is 25.0 Å². The number of carbonyl (C=O) groups excluding carboxylic acids is 1. The molecule has 15 heavy (non-hydrogen) atoms. The number of hydrogen-bond donors (Lipinski definition) is 2. The first-order chi connectivity index (χ1) is 7.24. The molecule has 0 spiro atoms. The second-order valence-electron chi connectivity index (χ2n) is 4.61. The largest absolute Gasteiger partial charge is 0.352 e. The van der Waals surface area contributed by atoms with Crippen LogP contribution in [0.5, 0.6) is 0 Å². The van der Waals surface area contributed by atoms with E-state index in [0.717, 1.165) is 19.4 Å². The molecule has 0 bridgehead atoms. The van der Waals surface area contributed by atoms with Gasteiger partial charge in [0.05, 0.1) is 6.54 Å². The van der Waals surface area contributed by atoms with Crippen LogP contribution in [0.3, 0.4) is 0 Å². The van der Waals surface area contributed by atoms with Crippen LogP contribution in [0.2, 0.25) is 0 Å². The smallest absolute Gasteiger partial charge is 0.234 e. The molecule has 0 heterocycles. The molecule has 1 rings (SSSR count). The minimum Gasteiger partial charge on any atom is -0.352 e. The molecule has 1 fully saturated rings. The minimum absolute atomic E-state index is 0.155. The van der Waals surface area contributed by atoms with Crippen molar-refractivity contribution < 1.29 is 4.79 Å². The van der Waals surface area contributed by atoms with Crippen LogP contribution in [0.1, 0.15) is 46.0 Å². The zero-order valence-corrected chi connectivity index (χ0v) is 10.0. The van der Waals surface area contributed by atoms with Gasteiger partial charge in [-0.25, -0.2) is 0 Å². The summed E-state index contributed by atoms with van der Waals surface area (Å²) in [5.41, 5.74) is 0. The Morgan fingerprint density at radius 2 is 2.07 bits per heavy atom. The maximum absolute atomic E-state index is 11.6. The lowest BCUT2D eigenvalue weighted by molar-refractivity contribution is -0.121. The Labute approximate surface area is 93.0 Å². The van der Waals surface area contributed by atoms with Crippen molar-refractivity contribution in [3.8, 4) is 0 Å². The Morgan fingerprint density at radius 3 is 2.73 bits per heavy atom. The fourth-order valence-electron chi connectivity index (χ4n) is 2.17. The van der Waals surface area contributed by atoms with Crippen molar-refractivity contribution in [3.63, 3.8) is 0 Å². The van der Waals surface area contributed by atoms with Crippen molar-refractivity contribution in [2.24, 2.45) is 5.92 Å². The summed E-state index contributed by atoms with van der Waals surface area (Å²) in [6.45, 7) is 5.74. The predicted molar refractivity (Wildman–Crippen MR) is 62.7 cm³/mol. The normalized spacial score (nSPS) is 26.3. The Bertz CT molecular complexity index is 194. The fourth-order valence-corrected chi connectivity index (χ4v) is 2.17.